The van der Waals surface area contributed by atoms with Crippen LogP contribution in [0.25, 0.3) is 0 Å². The van der Waals surface area contributed by atoms with Gasteiger partial charge < -0.3 is 25.0 Å². The first-order chi connectivity index (χ1) is 14.8. The molecule has 2 saturated heterocycles. The molecule has 166 valence electrons. The molecule has 0 aliphatic carbocycles. The molecular weight excluding hydrogens is 380 g/mol. The van der Waals surface area contributed by atoms with Gasteiger partial charge in [0, 0.05) is 50.9 Å². The summed E-state index contributed by atoms with van der Waals surface area (Å²) in [5.41, 5.74) is 2.11. The minimum Gasteiger partial charge on any atom is -0.381 e. The van der Waals surface area contributed by atoms with Crippen LogP contribution in [0.1, 0.15) is 44.6 Å². The predicted molar refractivity (Wildman–Crippen MR) is 120 cm³/mol. The normalized spacial score (nSPS) is 19.9. The molecule has 1 unspecified atom stereocenters. The minimum atomic E-state index is 0.228. The highest BCUT2D eigenvalue weighted by Gasteiger charge is 2.19. The lowest BCUT2D eigenvalue weighted by Gasteiger charge is -2.26. The van der Waals surface area contributed by atoms with Crippen molar-refractivity contribution in [2.75, 3.05) is 51.0 Å². The third kappa shape index (κ3) is 7.29. The first-order valence-corrected chi connectivity index (χ1v) is 11.3. The number of carbonyl (C=O) groups excluding carboxylic acids is 1. The van der Waals surface area contributed by atoms with Crippen molar-refractivity contribution in [2.45, 2.75) is 45.6 Å². The van der Waals surface area contributed by atoms with Gasteiger partial charge in [0.1, 0.15) is 0 Å². The van der Waals surface area contributed by atoms with Crippen molar-refractivity contribution in [2.24, 2.45) is 10.9 Å². The first kappa shape index (κ1) is 22.6. The summed E-state index contributed by atoms with van der Waals surface area (Å²) in [6.07, 6.45) is 4.80. The monoisotopic (exact) mass is 416 g/mol. The Bertz CT molecular complexity index is 672. The molecule has 1 atom stereocenters. The maximum Gasteiger partial charge on any atom is 0.226 e. The molecule has 7 heteroatoms. The Kier molecular flexibility index (Phi) is 9.44. The van der Waals surface area contributed by atoms with Crippen molar-refractivity contribution in [3.63, 3.8) is 0 Å². The van der Waals surface area contributed by atoms with Crippen LogP contribution in [0.3, 0.4) is 0 Å². The molecule has 1 aromatic carbocycles. The molecule has 30 heavy (non-hydrogen) atoms. The van der Waals surface area contributed by atoms with Crippen molar-refractivity contribution in [3.05, 3.63) is 29.8 Å². The molecule has 0 saturated carbocycles. The number of benzene rings is 1. The second kappa shape index (κ2) is 12.5. The summed E-state index contributed by atoms with van der Waals surface area (Å²) in [6, 6.07) is 8.18. The molecule has 0 radical (unpaired) electrons. The maximum absolute atomic E-state index is 12.1. The largest absolute Gasteiger partial charge is 0.381 e. The van der Waals surface area contributed by atoms with Gasteiger partial charge in [-0.15, -0.1) is 0 Å². The van der Waals surface area contributed by atoms with Crippen LogP contribution < -0.4 is 15.5 Å². The van der Waals surface area contributed by atoms with E-state index < -0.39 is 0 Å². The van der Waals surface area contributed by atoms with E-state index in [4.69, 9.17) is 9.47 Å². The van der Waals surface area contributed by atoms with Gasteiger partial charge in [0.05, 0.1) is 19.8 Å². The van der Waals surface area contributed by atoms with E-state index in [1.54, 1.807) is 0 Å². The van der Waals surface area contributed by atoms with Gasteiger partial charge in [0.2, 0.25) is 5.91 Å². The van der Waals surface area contributed by atoms with E-state index in [9.17, 15) is 4.79 Å². The van der Waals surface area contributed by atoms with Crippen molar-refractivity contribution >= 4 is 17.6 Å². The molecule has 1 amide bonds. The van der Waals surface area contributed by atoms with Gasteiger partial charge in [-0.05, 0) is 50.3 Å². The van der Waals surface area contributed by atoms with E-state index in [-0.39, 0.29) is 5.91 Å². The van der Waals surface area contributed by atoms with Crippen LogP contribution in [0.15, 0.2) is 29.3 Å². The summed E-state index contributed by atoms with van der Waals surface area (Å²) in [4.78, 5) is 18.6. The topological polar surface area (TPSA) is 75.2 Å². The smallest absolute Gasteiger partial charge is 0.226 e. The molecule has 0 spiro atoms. The van der Waals surface area contributed by atoms with Gasteiger partial charge in [-0.2, -0.15) is 0 Å². The quantitative estimate of drug-likeness (QED) is 0.348. The number of carbonyl (C=O) groups is 1. The highest BCUT2D eigenvalue weighted by molar-refractivity contribution is 5.93. The zero-order valence-electron chi connectivity index (χ0n) is 18.2. The molecule has 2 heterocycles. The van der Waals surface area contributed by atoms with E-state index in [2.05, 4.69) is 34.7 Å². The molecule has 1 aromatic rings. The highest BCUT2D eigenvalue weighted by Crippen LogP contribution is 2.21. The van der Waals surface area contributed by atoms with E-state index in [0.717, 1.165) is 89.0 Å². The Morgan fingerprint density at radius 3 is 2.87 bits per heavy atom. The van der Waals surface area contributed by atoms with Crippen LogP contribution in [-0.2, 0) is 20.8 Å². The lowest BCUT2D eigenvalue weighted by atomic mass is 10.1. The fraction of sp³-hybridized carbons (Fsp3) is 0.652. The Morgan fingerprint density at radius 2 is 2.13 bits per heavy atom. The number of nitrogens with zero attached hydrogens (tertiary/aromatic N) is 2. The molecule has 0 bridgehead atoms. The minimum absolute atomic E-state index is 0.228. The van der Waals surface area contributed by atoms with Crippen molar-refractivity contribution < 1.29 is 14.3 Å². The van der Waals surface area contributed by atoms with Crippen LogP contribution in [0, 0.1) is 5.92 Å². The second-order valence-corrected chi connectivity index (χ2v) is 7.95. The van der Waals surface area contributed by atoms with Crippen molar-refractivity contribution in [3.8, 4) is 0 Å². The summed E-state index contributed by atoms with van der Waals surface area (Å²) in [6.45, 7) is 8.39. The molecule has 7 nitrogen and oxygen atoms in total. The van der Waals surface area contributed by atoms with Gasteiger partial charge >= 0.3 is 0 Å². The van der Waals surface area contributed by atoms with Gasteiger partial charge in [0.25, 0.3) is 0 Å². The average Bonchev–Trinajstić information content (AvgIpc) is 3.29. The van der Waals surface area contributed by atoms with Crippen LogP contribution in [0.5, 0.6) is 0 Å². The Balaban J connectivity index is 1.39. The highest BCUT2D eigenvalue weighted by atomic mass is 16.5. The average molecular weight is 417 g/mol. The van der Waals surface area contributed by atoms with Gasteiger partial charge in [-0.25, -0.2) is 4.99 Å². The van der Waals surface area contributed by atoms with Gasteiger partial charge in [-0.1, -0.05) is 12.1 Å². The molecule has 0 aromatic heterocycles. The Hall–Kier alpha value is -2.12. The number of guanidine groups is 1. The third-order valence-corrected chi connectivity index (χ3v) is 5.47. The summed E-state index contributed by atoms with van der Waals surface area (Å²) in [5.74, 6) is 1.61. The number of nitrogens with one attached hydrogen (secondary N) is 2. The van der Waals surface area contributed by atoms with E-state index in [0.29, 0.717) is 18.9 Å². The van der Waals surface area contributed by atoms with Gasteiger partial charge in [-0.3, -0.25) is 4.79 Å². The fourth-order valence-corrected chi connectivity index (χ4v) is 3.72. The van der Waals surface area contributed by atoms with Crippen LogP contribution in [-0.4, -0.2) is 57.9 Å². The number of ether oxygens (including phenoxy) is 2. The van der Waals surface area contributed by atoms with E-state index >= 15 is 0 Å². The maximum atomic E-state index is 12.1. The Morgan fingerprint density at radius 1 is 1.27 bits per heavy atom. The molecule has 2 aliphatic heterocycles. The SMILES string of the molecule is CCNC(=NCc1ccc(N2CCCCC2=O)cc1)NCCCOCC1CCOC1. The number of piperidine rings is 1. The predicted octanol–water partition coefficient (Wildman–Crippen LogP) is 2.70. The van der Waals surface area contributed by atoms with Crippen molar-refractivity contribution in [1.82, 2.24) is 10.6 Å². The molecule has 3 rings (SSSR count). The standard InChI is InChI=1S/C23H36N4O3/c1-2-24-23(25-12-5-14-29-17-20-11-15-30-18-20)26-16-19-7-9-21(10-8-19)27-13-4-3-6-22(27)28/h7-10,20H,2-6,11-18H2,1H3,(H2,24,25,26). The molecule has 2 fully saturated rings. The zero-order chi connectivity index (χ0) is 21.0. The van der Waals surface area contributed by atoms with E-state index in [1.165, 1.54) is 0 Å². The Labute approximate surface area is 180 Å². The molecule has 2 aliphatic rings. The number of amides is 1. The lowest BCUT2D eigenvalue weighted by Crippen LogP contribution is -2.38. The second-order valence-electron chi connectivity index (χ2n) is 7.95. The van der Waals surface area contributed by atoms with Crippen LogP contribution in [0.2, 0.25) is 0 Å². The number of aliphatic imine (C=N–C) groups is 1. The number of hydrogen-bond acceptors (Lipinski definition) is 4. The lowest BCUT2D eigenvalue weighted by molar-refractivity contribution is -0.119. The summed E-state index contributed by atoms with van der Waals surface area (Å²) < 4.78 is 11.1. The van der Waals surface area contributed by atoms with E-state index in [1.807, 2.05) is 17.0 Å². The zero-order valence-corrected chi connectivity index (χ0v) is 18.2. The fourth-order valence-electron chi connectivity index (χ4n) is 3.72. The first-order valence-electron chi connectivity index (χ1n) is 11.3. The number of rotatable bonds is 10. The number of anilines is 1. The van der Waals surface area contributed by atoms with Crippen LogP contribution in [0.4, 0.5) is 5.69 Å². The van der Waals surface area contributed by atoms with Gasteiger partial charge in [0.15, 0.2) is 5.96 Å². The summed E-state index contributed by atoms with van der Waals surface area (Å²) >= 11 is 0. The summed E-state index contributed by atoms with van der Waals surface area (Å²) in [5, 5.41) is 6.66. The molecule has 2 N–H and O–H groups in total. The number of hydrogen-bond donors (Lipinski definition) is 2. The van der Waals surface area contributed by atoms with Crippen LogP contribution >= 0.6 is 0 Å². The molecular formula is C23H36N4O3. The third-order valence-electron chi connectivity index (χ3n) is 5.47. The van der Waals surface area contributed by atoms with Crippen molar-refractivity contribution in [1.29, 1.82) is 0 Å². The summed E-state index contributed by atoms with van der Waals surface area (Å²) in [7, 11) is 0.